The molecule has 27 heavy (non-hydrogen) atoms. The molecule has 0 spiro atoms. The van der Waals surface area contributed by atoms with E-state index in [4.69, 9.17) is 16.3 Å². The number of nitrogens with zero attached hydrogens (tertiary/aromatic N) is 3. The Kier molecular flexibility index (Phi) is 6.10. The summed E-state index contributed by atoms with van der Waals surface area (Å²) in [6, 6.07) is 14.4. The lowest BCUT2D eigenvalue weighted by Gasteiger charge is -2.18. The van der Waals surface area contributed by atoms with Gasteiger partial charge in [0.25, 0.3) is 0 Å². The number of carbonyl (C=O) groups excluding carboxylic acids is 1. The van der Waals surface area contributed by atoms with Gasteiger partial charge in [-0.15, -0.1) is 10.2 Å². The fourth-order valence-corrected chi connectivity index (χ4v) is 3.44. The van der Waals surface area contributed by atoms with E-state index in [1.165, 1.54) is 18.4 Å². The number of methoxy groups -OCH3 is 1. The molecule has 3 rings (SSSR count). The number of hydrogen-bond donors (Lipinski definition) is 2. The van der Waals surface area contributed by atoms with Gasteiger partial charge in [0.1, 0.15) is 5.75 Å². The standard InChI is InChI=1S/C18H18ClN5O2S/c1-3-24(13-7-5-4-6-8-13)18-23-22-17(27-18)21-16(25)20-14-11-12(19)9-10-15(14)26-2/h4-11H,3H2,1-2H3,(H2,20,21,22,25). The highest BCUT2D eigenvalue weighted by Crippen LogP contribution is 2.31. The summed E-state index contributed by atoms with van der Waals surface area (Å²) in [5.74, 6) is 0.508. The second-order valence-electron chi connectivity index (χ2n) is 5.39. The molecule has 0 bridgehead atoms. The van der Waals surface area contributed by atoms with Crippen LogP contribution in [0, 0.1) is 0 Å². The van der Waals surface area contributed by atoms with Gasteiger partial charge < -0.3 is 15.0 Å². The van der Waals surface area contributed by atoms with Crippen LogP contribution < -0.4 is 20.3 Å². The molecule has 2 N–H and O–H groups in total. The number of benzene rings is 2. The topological polar surface area (TPSA) is 79.4 Å². The minimum Gasteiger partial charge on any atom is -0.495 e. The molecule has 0 radical (unpaired) electrons. The molecule has 2 amide bonds. The van der Waals surface area contributed by atoms with Crippen molar-refractivity contribution in [3.8, 4) is 5.75 Å². The molecule has 0 saturated carbocycles. The number of rotatable bonds is 6. The van der Waals surface area contributed by atoms with Crippen LogP contribution in [0.1, 0.15) is 6.92 Å². The lowest BCUT2D eigenvalue weighted by atomic mass is 10.3. The zero-order valence-electron chi connectivity index (χ0n) is 14.8. The van der Waals surface area contributed by atoms with Crippen molar-refractivity contribution in [1.29, 1.82) is 0 Å². The third kappa shape index (κ3) is 4.66. The summed E-state index contributed by atoms with van der Waals surface area (Å²) in [4.78, 5) is 14.3. The SMILES string of the molecule is CCN(c1ccccc1)c1nnc(NC(=O)Nc2cc(Cl)ccc2OC)s1. The third-order valence-corrected chi connectivity index (χ3v) is 4.76. The van der Waals surface area contributed by atoms with E-state index in [0.717, 1.165) is 12.2 Å². The Morgan fingerprint density at radius 2 is 1.96 bits per heavy atom. The minimum absolute atomic E-state index is 0.387. The van der Waals surface area contributed by atoms with Crippen molar-refractivity contribution in [2.45, 2.75) is 6.92 Å². The number of hydrogen-bond acceptors (Lipinski definition) is 6. The molecule has 3 aromatic rings. The number of anilines is 4. The number of nitrogens with one attached hydrogen (secondary N) is 2. The number of ether oxygens (including phenoxy) is 1. The Balaban J connectivity index is 1.70. The predicted molar refractivity (Wildman–Crippen MR) is 110 cm³/mol. The maximum Gasteiger partial charge on any atom is 0.325 e. The summed E-state index contributed by atoms with van der Waals surface area (Å²) in [7, 11) is 1.52. The van der Waals surface area contributed by atoms with Crippen LogP contribution in [0.5, 0.6) is 5.75 Å². The second-order valence-corrected chi connectivity index (χ2v) is 6.79. The number of halogens is 1. The smallest absolute Gasteiger partial charge is 0.325 e. The lowest BCUT2D eigenvalue weighted by Crippen LogP contribution is -2.19. The molecule has 0 aliphatic rings. The molecule has 0 unspecified atom stereocenters. The summed E-state index contributed by atoms with van der Waals surface area (Å²) in [5, 5.41) is 15.2. The molecule has 1 aromatic heterocycles. The molecule has 0 atom stereocenters. The molecule has 1 heterocycles. The van der Waals surface area contributed by atoms with E-state index in [-0.39, 0.29) is 0 Å². The molecule has 0 saturated heterocycles. The fraction of sp³-hybridized carbons (Fsp3) is 0.167. The van der Waals surface area contributed by atoms with Crippen molar-refractivity contribution in [3.63, 3.8) is 0 Å². The van der Waals surface area contributed by atoms with Gasteiger partial charge in [-0.1, -0.05) is 41.1 Å². The summed E-state index contributed by atoms with van der Waals surface area (Å²) in [6.07, 6.45) is 0. The van der Waals surface area contributed by atoms with Gasteiger partial charge in [-0.25, -0.2) is 4.79 Å². The summed E-state index contributed by atoms with van der Waals surface area (Å²) >= 11 is 7.26. The van der Waals surface area contributed by atoms with E-state index in [2.05, 4.69) is 20.8 Å². The quantitative estimate of drug-likeness (QED) is 0.605. The summed E-state index contributed by atoms with van der Waals surface area (Å²) in [6.45, 7) is 2.75. The second kappa shape index (κ2) is 8.70. The molecular weight excluding hydrogens is 386 g/mol. The van der Waals surface area contributed by atoms with Crippen LogP contribution in [0.4, 0.5) is 26.4 Å². The molecule has 9 heteroatoms. The Bertz CT molecular complexity index is 919. The van der Waals surface area contributed by atoms with E-state index >= 15 is 0 Å². The van der Waals surface area contributed by atoms with Gasteiger partial charge in [0, 0.05) is 17.3 Å². The summed E-state index contributed by atoms with van der Waals surface area (Å²) in [5.41, 5.74) is 1.47. The Hall–Kier alpha value is -2.84. The molecule has 140 valence electrons. The van der Waals surface area contributed by atoms with Gasteiger partial charge in [-0.2, -0.15) is 0 Å². The zero-order chi connectivity index (χ0) is 19.2. The Labute approximate surface area is 165 Å². The normalized spacial score (nSPS) is 10.3. The minimum atomic E-state index is -0.457. The van der Waals surface area contributed by atoms with Gasteiger partial charge in [0.05, 0.1) is 12.8 Å². The van der Waals surface area contributed by atoms with E-state index in [1.54, 1.807) is 18.2 Å². The number of urea groups is 1. The largest absolute Gasteiger partial charge is 0.495 e. The molecule has 2 aromatic carbocycles. The van der Waals surface area contributed by atoms with Gasteiger partial charge >= 0.3 is 6.03 Å². The van der Waals surface area contributed by atoms with Gasteiger partial charge in [0.15, 0.2) is 0 Å². The van der Waals surface area contributed by atoms with Crippen LogP contribution in [0.25, 0.3) is 0 Å². The maximum atomic E-state index is 12.3. The van der Waals surface area contributed by atoms with E-state index in [9.17, 15) is 4.79 Å². The first-order chi connectivity index (χ1) is 13.1. The van der Waals surface area contributed by atoms with Crippen molar-refractivity contribution in [1.82, 2.24) is 10.2 Å². The first-order valence-corrected chi connectivity index (χ1v) is 9.37. The van der Waals surface area contributed by atoms with Crippen LogP contribution in [-0.2, 0) is 0 Å². The number of amides is 2. The van der Waals surface area contributed by atoms with E-state index in [0.29, 0.717) is 26.7 Å². The first-order valence-electron chi connectivity index (χ1n) is 8.18. The van der Waals surface area contributed by atoms with Gasteiger partial charge in [-0.05, 0) is 37.3 Å². The highest BCUT2D eigenvalue weighted by atomic mass is 35.5. The van der Waals surface area contributed by atoms with Crippen LogP contribution in [0.3, 0.4) is 0 Å². The molecular formula is C18H18ClN5O2S. The van der Waals surface area contributed by atoms with Crippen molar-refractivity contribution < 1.29 is 9.53 Å². The molecule has 0 aliphatic heterocycles. The lowest BCUT2D eigenvalue weighted by molar-refractivity contribution is 0.262. The zero-order valence-corrected chi connectivity index (χ0v) is 16.3. The number of para-hydroxylation sites is 1. The highest BCUT2D eigenvalue weighted by molar-refractivity contribution is 7.19. The third-order valence-electron chi connectivity index (χ3n) is 3.66. The summed E-state index contributed by atoms with van der Waals surface area (Å²) < 4.78 is 5.22. The Morgan fingerprint density at radius 3 is 2.67 bits per heavy atom. The van der Waals surface area contributed by atoms with E-state index < -0.39 is 6.03 Å². The average molecular weight is 404 g/mol. The van der Waals surface area contributed by atoms with Crippen LogP contribution in [0.15, 0.2) is 48.5 Å². The molecule has 0 aliphatic carbocycles. The number of carbonyl (C=O) groups is 1. The number of aromatic nitrogens is 2. The van der Waals surface area contributed by atoms with E-state index in [1.807, 2.05) is 42.2 Å². The molecule has 7 nitrogen and oxygen atoms in total. The monoisotopic (exact) mass is 403 g/mol. The first kappa shape index (κ1) is 18.9. The Morgan fingerprint density at radius 1 is 1.19 bits per heavy atom. The van der Waals surface area contributed by atoms with Crippen molar-refractivity contribution in [2.24, 2.45) is 0 Å². The van der Waals surface area contributed by atoms with Crippen LogP contribution in [0.2, 0.25) is 5.02 Å². The van der Waals surface area contributed by atoms with Gasteiger partial charge in [0.2, 0.25) is 10.3 Å². The van der Waals surface area contributed by atoms with Crippen molar-refractivity contribution in [2.75, 3.05) is 29.2 Å². The van der Waals surface area contributed by atoms with Gasteiger partial charge in [-0.3, -0.25) is 5.32 Å². The fourth-order valence-electron chi connectivity index (χ4n) is 2.44. The molecule has 0 fully saturated rings. The maximum absolute atomic E-state index is 12.3. The highest BCUT2D eigenvalue weighted by Gasteiger charge is 2.15. The van der Waals surface area contributed by atoms with Crippen LogP contribution >= 0.6 is 22.9 Å². The van der Waals surface area contributed by atoms with Crippen molar-refractivity contribution in [3.05, 3.63) is 53.6 Å². The van der Waals surface area contributed by atoms with Crippen molar-refractivity contribution >= 4 is 50.6 Å². The van der Waals surface area contributed by atoms with Crippen LogP contribution in [-0.4, -0.2) is 29.9 Å². The average Bonchev–Trinajstić information content (AvgIpc) is 3.11. The predicted octanol–water partition coefficient (Wildman–Crippen LogP) is 5.00.